The van der Waals surface area contributed by atoms with E-state index >= 15 is 0 Å². The van der Waals surface area contributed by atoms with Crippen molar-refractivity contribution >= 4 is 17.7 Å². The van der Waals surface area contributed by atoms with Gasteiger partial charge in [0.25, 0.3) is 0 Å². The molecule has 1 atom stereocenters. The Morgan fingerprint density at radius 2 is 1.94 bits per heavy atom. The SMILES string of the molecule is O=C1CSC(c2ccncc2)N1C1CCCC1. The Balaban J connectivity index is 1.86. The van der Waals surface area contributed by atoms with E-state index in [1.165, 1.54) is 31.2 Å². The van der Waals surface area contributed by atoms with E-state index in [1.807, 2.05) is 24.5 Å². The number of amides is 1. The van der Waals surface area contributed by atoms with E-state index in [0.717, 1.165) is 0 Å². The van der Waals surface area contributed by atoms with Gasteiger partial charge < -0.3 is 4.90 Å². The van der Waals surface area contributed by atoms with E-state index < -0.39 is 0 Å². The molecule has 90 valence electrons. The molecule has 1 unspecified atom stereocenters. The number of carbonyl (C=O) groups is 1. The maximum absolute atomic E-state index is 12.0. The topological polar surface area (TPSA) is 33.2 Å². The van der Waals surface area contributed by atoms with Crippen LogP contribution >= 0.6 is 11.8 Å². The van der Waals surface area contributed by atoms with Gasteiger partial charge in [-0.15, -0.1) is 11.8 Å². The molecule has 0 spiro atoms. The van der Waals surface area contributed by atoms with Gasteiger partial charge in [0, 0.05) is 18.4 Å². The first-order chi connectivity index (χ1) is 8.36. The van der Waals surface area contributed by atoms with Gasteiger partial charge in [0.1, 0.15) is 5.37 Å². The van der Waals surface area contributed by atoms with Crippen molar-refractivity contribution in [3.05, 3.63) is 30.1 Å². The quantitative estimate of drug-likeness (QED) is 0.806. The van der Waals surface area contributed by atoms with E-state index in [9.17, 15) is 4.79 Å². The molecule has 1 aliphatic heterocycles. The number of pyridine rings is 1. The minimum atomic E-state index is 0.216. The van der Waals surface area contributed by atoms with Crippen LogP contribution in [-0.2, 0) is 4.79 Å². The Bertz CT molecular complexity index is 403. The van der Waals surface area contributed by atoms with Crippen molar-refractivity contribution in [2.45, 2.75) is 37.1 Å². The van der Waals surface area contributed by atoms with Gasteiger partial charge in [-0.3, -0.25) is 9.78 Å². The summed E-state index contributed by atoms with van der Waals surface area (Å²) < 4.78 is 0. The number of hydrogen-bond acceptors (Lipinski definition) is 3. The van der Waals surface area contributed by atoms with Gasteiger partial charge in [-0.1, -0.05) is 12.8 Å². The molecule has 1 saturated heterocycles. The fourth-order valence-corrected chi connectivity index (χ4v) is 4.05. The maximum atomic E-state index is 12.0. The third kappa shape index (κ3) is 2.06. The first-order valence-electron chi connectivity index (χ1n) is 6.19. The van der Waals surface area contributed by atoms with Crippen LogP contribution < -0.4 is 0 Å². The molecule has 1 aliphatic carbocycles. The molecule has 17 heavy (non-hydrogen) atoms. The lowest BCUT2D eigenvalue weighted by atomic mass is 10.1. The highest BCUT2D eigenvalue weighted by molar-refractivity contribution is 8.00. The van der Waals surface area contributed by atoms with Crippen molar-refractivity contribution in [2.24, 2.45) is 0 Å². The molecule has 2 aliphatic rings. The van der Waals surface area contributed by atoms with Crippen LogP contribution in [0, 0.1) is 0 Å². The van der Waals surface area contributed by atoms with Gasteiger partial charge in [0.2, 0.25) is 5.91 Å². The van der Waals surface area contributed by atoms with E-state index in [2.05, 4.69) is 9.88 Å². The summed E-state index contributed by atoms with van der Waals surface area (Å²) in [6.45, 7) is 0. The maximum Gasteiger partial charge on any atom is 0.234 e. The summed E-state index contributed by atoms with van der Waals surface area (Å²) in [5.41, 5.74) is 1.21. The summed E-state index contributed by atoms with van der Waals surface area (Å²) in [6, 6.07) is 4.52. The Morgan fingerprint density at radius 3 is 2.65 bits per heavy atom. The van der Waals surface area contributed by atoms with Crippen molar-refractivity contribution in [3.63, 3.8) is 0 Å². The van der Waals surface area contributed by atoms with Crippen LogP contribution in [-0.4, -0.2) is 27.6 Å². The summed E-state index contributed by atoms with van der Waals surface area (Å²) in [4.78, 5) is 18.2. The van der Waals surface area contributed by atoms with E-state index in [0.29, 0.717) is 17.7 Å². The molecule has 1 aromatic rings. The summed E-state index contributed by atoms with van der Waals surface area (Å²) >= 11 is 1.75. The molecular weight excluding hydrogens is 232 g/mol. The molecule has 0 bridgehead atoms. The summed E-state index contributed by atoms with van der Waals surface area (Å²) in [5.74, 6) is 0.937. The fourth-order valence-electron chi connectivity index (χ4n) is 2.80. The molecule has 3 rings (SSSR count). The van der Waals surface area contributed by atoms with Crippen LogP contribution in [0.4, 0.5) is 0 Å². The van der Waals surface area contributed by atoms with Gasteiger partial charge in [0.15, 0.2) is 0 Å². The van der Waals surface area contributed by atoms with Crippen molar-refractivity contribution in [2.75, 3.05) is 5.75 Å². The molecule has 1 saturated carbocycles. The predicted octanol–water partition coefficient (Wildman–Crippen LogP) is 2.60. The minimum absolute atomic E-state index is 0.216. The Hall–Kier alpha value is -1.03. The van der Waals surface area contributed by atoms with E-state index in [1.54, 1.807) is 11.8 Å². The van der Waals surface area contributed by atoms with Crippen molar-refractivity contribution in [1.82, 2.24) is 9.88 Å². The van der Waals surface area contributed by atoms with Crippen LogP contribution in [0.3, 0.4) is 0 Å². The molecule has 3 nitrogen and oxygen atoms in total. The molecule has 0 N–H and O–H groups in total. The zero-order valence-corrected chi connectivity index (χ0v) is 10.5. The first kappa shape index (κ1) is 11.1. The second kappa shape index (κ2) is 4.69. The zero-order valence-electron chi connectivity index (χ0n) is 9.71. The lowest BCUT2D eigenvalue weighted by molar-refractivity contribution is -0.130. The van der Waals surface area contributed by atoms with Crippen molar-refractivity contribution in [1.29, 1.82) is 0 Å². The number of hydrogen-bond donors (Lipinski definition) is 0. The molecule has 2 fully saturated rings. The average molecular weight is 248 g/mol. The van der Waals surface area contributed by atoms with Crippen LogP contribution in [0.15, 0.2) is 24.5 Å². The van der Waals surface area contributed by atoms with Crippen molar-refractivity contribution in [3.8, 4) is 0 Å². The minimum Gasteiger partial charge on any atom is -0.323 e. The lowest BCUT2D eigenvalue weighted by Crippen LogP contribution is -2.36. The fraction of sp³-hybridized carbons (Fsp3) is 0.538. The average Bonchev–Trinajstić information content (AvgIpc) is 2.99. The van der Waals surface area contributed by atoms with Crippen LogP contribution in [0.25, 0.3) is 0 Å². The highest BCUT2D eigenvalue weighted by atomic mass is 32.2. The number of carbonyl (C=O) groups excluding carboxylic acids is 1. The monoisotopic (exact) mass is 248 g/mol. The van der Waals surface area contributed by atoms with Gasteiger partial charge >= 0.3 is 0 Å². The summed E-state index contributed by atoms with van der Waals surface area (Å²) in [6.07, 6.45) is 8.50. The van der Waals surface area contributed by atoms with E-state index in [-0.39, 0.29) is 5.37 Å². The first-order valence-corrected chi connectivity index (χ1v) is 7.24. The second-order valence-electron chi connectivity index (χ2n) is 4.68. The van der Waals surface area contributed by atoms with Crippen molar-refractivity contribution < 1.29 is 4.79 Å². The predicted molar refractivity (Wildman–Crippen MR) is 68.5 cm³/mol. The zero-order chi connectivity index (χ0) is 11.7. The third-order valence-electron chi connectivity index (χ3n) is 3.61. The van der Waals surface area contributed by atoms with Crippen LogP contribution in [0.1, 0.15) is 36.6 Å². The highest BCUT2D eigenvalue weighted by Crippen LogP contribution is 2.42. The molecule has 2 heterocycles. The van der Waals surface area contributed by atoms with Crippen LogP contribution in [0.5, 0.6) is 0 Å². The molecule has 0 aromatic carbocycles. The van der Waals surface area contributed by atoms with Gasteiger partial charge in [-0.2, -0.15) is 0 Å². The highest BCUT2D eigenvalue weighted by Gasteiger charge is 2.38. The normalized spacial score (nSPS) is 25.8. The van der Waals surface area contributed by atoms with Crippen LogP contribution in [0.2, 0.25) is 0 Å². The van der Waals surface area contributed by atoms with Gasteiger partial charge in [0.05, 0.1) is 5.75 Å². The Kier molecular flexibility index (Phi) is 3.05. The largest absolute Gasteiger partial charge is 0.323 e. The molecule has 1 amide bonds. The molecule has 4 heteroatoms. The Labute approximate surface area is 106 Å². The number of aromatic nitrogens is 1. The molecule has 0 radical (unpaired) electrons. The number of rotatable bonds is 2. The standard InChI is InChI=1S/C13H16N2OS/c16-12-9-17-13(10-5-7-14-8-6-10)15(12)11-3-1-2-4-11/h5-8,11,13H,1-4,9H2. The number of nitrogens with zero attached hydrogens (tertiary/aromatic N) is 2. The molecule has 1 aromatic heterocycles. The third-order valence-corrected chi connectivity index (χ3v) is 4.84. The van der Waals surface area contributed by atoms with E-state index in [4.69, 9.17) is 0 Å². The lowest BCUT2D eigenvalue weighted by Gasteiger charge is -2.30. The number of thioether (sulfide) groups is 1. The summed E-state index contributed by atoms with van der Waals surface area (Å²) in [5, 5.41) is 0.216. The summed E-state index contributed by atoms with van der Waals surface area (Å²) in [7, 11) is 0. The van der Waals surface area contributed by atoms with Gasteiger partial charge in [-0.25, -0.2) is 0 Å². The van der Waals surface area contributed by atoms with Gasteiger partial charge in [-0.05, 0) is 30.5 Å². The smallest absolute Gasteiger partial charge is 0.234 e. The molecular formula is C13H16N2OS. The second-order valence-corrected chi connectivity index (χ2v) is 5.75. The Morgan fingerprint density at radius 1 is 1.24 bits per heavy atom.